The number of carboxylic acid groups (broad SMARTS) is 1. The van der Waals surface area contributed by atoms with Crippen LogP contribution >= 0.6 is 0 Å². The summed E-state index contributed by atoms with van der Waals surface area (Å²) < 4.78 is 4.48. The Morgan fingerprint density at radius 1 is 1.00 bits per heavy atom. The second-order valence-corrected chi connectivity index (χ2v) is 3.60. The molecule has 0 atom stereocenters. The van der Waals surface area contributed by atoms with Crippen molar-refractivity contribution in [3.8, 4) is 0 Å². The number of carboxylic acids is 1. The van der Waals surface area contributed by atoms with E-state index in [1.807, 2.05) is 0 Å². The Morgan fingerprint density at radius 2 is 1.56 bits per heavy atom. The number of unbranched alkanes of at least 4 members (excludes halogenated alkanes) is 3. The lowest BCUT2D eigenvalue weighted by atomic mass is 10.1. The highest BCUT2D eigenvalue weighted by Crippen LogP contribution is 2.07. The molecule has 0 saturated heterocycles. The summed E-state index contributed by atoms with van der Waals surface area (Å²) in [5.74, 6) is -1.53. The first-order valence-electron chi connectivity index (χ1n) is 5.36. The van der Waals surface area contributed by atoms with Crippen molar-refractivity contribution in [1.29, 1.82) is 0 Å². The second-order valence-electron chi connectivity index (χ2n) is 3.60. The van der Waals surface area contributed by atoms with E-state index in [9.17, 15) is 14.4 Å². The van der Waals surface area contributed by atoms with Crippen molar-refractivity contribution in [3.05, 3.63) is 0 Å². The van der Waals surface area contributed by atoms with E-state index >= 15 is 0 Å². The zero-order valence-corrected chi connectivity index (χ0v) is 9.53. The summed E-state index contributed by atoms with van der Waals surface area (Å²) in [4.78, 5) is 31.9. The topological polar surface area (TPSA) is 80.7 Å². The van der Waals surface area contributed by atoms with Crippen molar-refractivity contribution in [2.75, 3.05) is 7.11 Å². The maximum absolute atomic E-state index is 11.0. The lowest BCUT2D eigenvalue weighted by Gasteiger charge is -2.00. The summed E-state index contributed by atoms with van der Waals surface area (Å²) in [7, 11) is 1.35. The summed E-state index contributed by atoms with van der Waals surface area (Å²) in [5.41, 5.74) is 0. The summed E-state index contributed by atoms with van der Waals surface area (Å²) in [6.07, 6.45) is 3.46. The van der Waals surface area contributed by atoms with Crippen LogP contribution in [0.1, 0.15) is 44.9 Å². The molecule has 0 amide bonds. The van der Waals surface area contributed by atoms with Gasteiger partial charge in [0.25, 0.3) is 0 Å². The molecule has 92 valence electrons. The number of esters is 1. The van der Waals surface area contributed by atoms with Crippen LogP contribution in [0.15, 0.2) is 0 Å². The van der Waals surface area contributed by atoms with Gasteiger partial charge in [0.2, 0.25) is 0 Å². The maximum atomic E-state index is 11.0. The fourth-order valence-corrected chi connectivity index (χ4v) is 1.30. The zero-order valence-electron chi connectivity index (χ0n) is 9.53. The Kier molecular flexibility index (Phi) is 8.11. The Morgan fingerprint density at radius 3 is 2.06 bits per heavy atom. The van der Waals surface area contributed by atoms with Gasteiger partial charge in [-0.25, -0.2) is 0 Å². The van der Waals surface area contributed by atoms with Crippen LogP contribution in [-0.2, 0) is 19.1 Å². The first kappa shape index (κ1) is 14.6. The van der Waals surface area contributed by atoms with E-state index in [0.29, 0.717) is 19.3 Å². The molecule has 0 aliphatic carbocycles. The van der Waals surface area contributed by atoms with Crippen molar-refractivity contribution >= 4 is 17.7 Å². The SMILES string of the molecule is COC(=O)CCCCCCC(=O)CC(=O)O. The highest BCUT2D eigenvalue weighted by Gasteiger charge is 2.07. The van der Waals surface area contributed by atoms with Gasteiger partial charge in [-0.3, -0.25) is 14.4 Å². The average molecular weight is 230 g/mol. The van der Waals surface area contributed by atoms with Crippen LogP contribution in [0.4, 0.5) is 0 Å². The van der Waals surface area contributed by atoms with Gasteiger partial charge in [0, 0.05) is 12.8 Å². The van der Waals surface area contributed by atoms with E-state index in [0.717, 1.165) is 19.3 Å². The van der Waals surface area contributed by atoms with Crippen LogP contribution < -0.4 is 0 Å². The summed E-state index contributed by atoms with van der Waals surface area (Å²) >= 11 is 0. The predicted octanol–water partition coefficient (Wildman–Crippen LogP) is 1.54. The fourth-order valence-electron chi connectivity index (χ4n) is 1.30. The molecular weight excluding hydrogens is 212 g/mol. The fraction of sp³-hybridized carbons (Fsp3) is 0.727. The smallest absolute Gasteiger partial charge is 0.310 e. The van der Waals surface area contributed by atoms with Crippen molar-refractivity contribution < 1.29 is 24.2 Å². The van der Waals surface area contributed by atoms with Gasteiger partial charge in [-0.2, -0.15) is 0 Å². The maximum Gasteiger partial charge on any atom is 0.310 e. The minimum Gasteiger partial charge on any atom is -0.481 e. The number of hydrogen-bond acceptors (Lipinski definition) is 4. The molecule has 0 aromatic carbocycles. The van der Waals surface area contributed by atoms with Crippen LogP contribution in [0, 0.1) is 0 Å². The number of ketones is 1. The lowest BCUT2D eigenvalue weighted by Crippen LogP contribution is -2.06. The van der Waals surface area contributed by atoms with Crippen molar-refractivity contribution in [1.82, 2.24) is 0 Å². The number of carbonyl (C=O) groups is 3. The van der Waals surface area contributed by atoms with Gasteiger partial charge in [-0.05, 0) is 12.8 Å². The molecule has 0 bridgehead atoms. The molecule has 0 spiro atoms. The molecule has 0 radical (unpaired) electrons. The van der Waals surface area contributed by atoms with Gasteiger partial charge < -0.3 is 9.84 Å². The van der Waals surface area contributed by atoms with E-state index in [1.165, 1.54) is 7.11 Å². The molecule has 1 N–H and O–H groups in total. The molecule has 0 rings (SSSR count). The van der Waals surface area contributed by atoms with Crippen molar-refractivity contribution in [2.45, 2.75) is 44.9 Å². The second kappa shape index (κ2) is 8.88. The molecule has 0 aliphatic heterocycles. The molecule has 0 aromatic heterocycles. The molecule has 5 heteroatoms. The first-order valence-corrected chi connectivity index (χ1v) is 5.36. The number of aliphatic carboxylic acids is 1. The minimum absolute atomic E-state index is 0.220. The Bertz CT molecular complexity index is 247. The summed E-state index contributed by atoms with van der Waals surface area (Å²) in [6.45, 7) is 0. The van der Waals surface area contributed by atoms with Gasteiger partial charge in [-0.1, -0.05) is 12.8 Å². The van der Waals surface area contributed by atoms with Crippen LogP contribution in [-0.4, -0.2) is 29.9 Å². The molecule has 0 aromatic rings. The van der Waals surface area contributed by atoms with Crippen LogP contribution in [0.3, 0.4) is 0 Å². The molecule has 16 heavy (non-hydrogen) atoms. The Hall–Kier alpha value is -1.39. The third-order valence-corrected chi connectivity index (χ3v) is 2.16. The van der Waals surface area contributed by atoms with E-state index in [-0.39, 0.29) is 18.2 Å². The van der Waals surface area contributed by atoms with E-state index in [4.69, 9.17) is 5.11 Å². The van der Waals surface area contributed by atoms with Gasteiger partial charge in [0.15, 0.2) is 0 Å². The molecule has 0 aliphatic rings. The third kappa shape index (κ3) is 9.18. The normalized spacial score (nSPS) is 9.81. The highest BCUT2D eigenvalue weighted by molar-refractivity contribution is 5.94. The number of methoxy groups -OCH3 is 1. The van der Waals surface area contributed by atoms with Gasteiger partial charge in [-0.15, -0.1) is 0 Å². The van der Waals surface area contributed by atoms with Gasteiger partial charge >= 0.3 is 11.9 Å². The minimum atomic E-state index is -1.07. The number of ether oxygens (including phenoxy) is 1. The standard InChI is InChI=1S/C11H18O5/c1-16-11(15)7-5-3-2-4-6-9(12)8-10(13)14/h2-8H2,1H3,(H,13,14). The number of hydrogen-bond donors (Lipinski definition) is 1. The first-order chi connectivity index (χ1) is 7.56. The molecule has 0 heterocycles. The van der Waals surface area contributed by atoms with Crippen LogP contribution in [0.25, 0.3) is 0 Å². The third-order valence-electron chi connectivity index (χ3n) is 2.16. The summed E-state index contributed by atoms with van der Waals surface area (Å²) in [5, 5.41) is 8.34. The quantitative estimate of drug-likeness (QED) is 0.369. The monoisotopic (exact) mass is 230 g/mol. The molecule has 0 saturated carbocycles. The number of Topliss-reactive ketones (excluding diaryl/α,β-unsaturated/α-hetero) is 1. The molecule has 5 nitrogen and oxygen atoms in total. The van der Waals surface area contributed by atoms with Crippen molar-refractivity contribution in [3.63, 3.8) is 0 Å². The molecular formula is C11H18O5. The highest BCUT2D eigenvalue weighted by atomic mass is 16.5. The summed E-state index contributed by atoms with van der Waals surface area (Å²) in [6, 6.07) is 0. The number of rotatable bonds is 9. The Labute approximate surface area is 94.8 Å². The average Bonchev–Trinajstić information content (AvgIpc) is 2.21. The number of carbonyl (C=O) groups excluding carboxylic acids is 2. The van der Waals surface area contributed by atoms with Crippen LogP contribution in [0.5, 0.6) is 0 Å². The van der Waals surface area contributed by atoms with E-state index in [2.05, 4.69) is 4.74 Å². The van der Waals surface area contributed by atoms with E-state index < -0.39 is 5.97 Å². The van der Waals surface area contributed by atoms with Gasteiger partial charge in [0.05, 0.1) is 7.11 Å². The lowest BCUT2D eigenvalue weighted by molar-refractivity contribution is -0.141. The Balaban J connectivity index is 3.30. The molecule has 0 fully saturated rings. The zero-order chi connectivity index (χ0) is 12.4. The van der Waals surface area contributed by atoms with Gasteiger partial charge in [0.1, 0.15) is 12.2 Å². The van der Waals surface area contributed by atoms with Crippen LogP contribution in [0.2, 0.25) is 0 Å². The largest absolute Gasteiger partial charge is 0.481 e. The van der Waals surface area contributed by atoms with E-state index in [1.54, 1.807) is 0 Å². The predicted molar refractivity (Wildman–Crippen MR) is 57.0 cm³/mol. The van der Waals surface area contributed by atoms with Crippen molar-refractivity contribution in [2.24, 2.45) is 0 Å². The molecule has 0 unspecified atom stereocenters.